The van der Waals surface area contributed by atoms with Crippen molar-refractivity contribution in [2.24, 2.45) is 0 Å². The molecule has 2 aliphatic rings. The lowest BCUT2D eigenvalue weighted by atomic mass is 9.87. The zero-order valence-electron chi connectivity index (χ0n) is 12.0. The molecule has 110 valence electrons. The van der Waals surface area contributed by atoms with Crippen molar-refractivity contribution in [1.29, 1.82) is 0 Å². The molecule has 1 aromatic rings. The van der Waals surface area contributed by atoms with Crippen LogP contribution in [0.25, 0.3) is 0 Å². The zero-order chi connectivity index (χ0) is 13.8. The van der Waals surface area contributed by atoms with Gasteiger partial charge in [-0.05, 0) is 42.5 Å². The molecule has 0 aromatic heterocycles. The van der Waals surface area contributed by atoms with Crippen molar-refractivity contribution < 1.29 is 9.84 Å². The number of fused-ring (bicyclic) bond motifs is 1. The van der Waals surface area contributed by atoms with Crippen LogP contribution in [0, 0.1) is 0 Å². The Balaban J connectivity index is 1.54. The Bertz CT molecular complexity index is 444. The summed E-state index contributed by atoms with van der Waals surface area (Å²) in [6.07, 6.45) is 3.53. The molecule has 1 aliphatic carbocycles. The molecular weight excluding hydrogens is 252 g/mol. The molecule has 1 fully saturated rings. The second-order valence-electron chi connectivity index (χ2n) is 5.74. The number of morpholine rings is 1. The molecule has 1 aliphatic heterocycles. The topological polar surface area (TPSA) is 44.7 Å². The summed E-state index contributed by atoms with van der Waals surface area (Å²) in [6, 6.07) is 6.20. The number of hydrogen-bond acceptors (Lipinski definition) is 4. The average molecular weight is 276 g/mol. The minimum absolute atomic E-state index is 0.380. The first kappa shape index (κ1) is 13.9. The summed E-state index contributed by atoms with van der Waals surface area (Å²) in [5, 5.41) is 13.3. The van der Waals surface area contributed by atoms with E-state index in [0.29, 0.717) is 11.8 Å². The normalized spacial score (nSPS) is 23.5. The van der Waals surface area contributed by atoms with Crippen molar-refractivity contribution in [2.45, 2.75) is 25.3 Å². The summed E-state index contributed by atoms with van der Waals surface area (Å²) in [4.78, 5) is 2.45. The van der Waals surface area contributed by atoms with Crippen LogP contribution in [0.4, 0.5) is 0 Å². The average Bonchev–Trinajstić information content (AvgIpc) is 2.49. The molecule has 1 saturated heterocycles. The lowest BCUT2D eigenvalue weighted by Gasteiger charge is -2.30. The third-order valence-electron chi connectivity index (χ3n) is 4.37. The van der Waals surface area contributed by atoms with Crippen molar-refractivity contribution in [3.05, 3.63) is 29.3 Å². The van der Waals surface area contributed by atoms with Gasteiger partial charge in [0.25, 0.3) is 0 Å². The standard InChI is InChI=1S/C16H24N2O2/c19-14-5-4-13-2-1-3-16(15(13)12-14)17-6-7-18-8-10-20-11-9-18/h4-5,12,16-17,19H,1-3,6-11H2. The minimum Gasteiger partial charge on any atom is -0.508 e. The van der Waals surface area contributed by atoms with Crippen LogP contribution in [-0.2, 0) is 11.2 Å². The maximum absolute atomic E-state index is 9.69. The number of aromatic hydroxyl groups is 1. The lowest BCUT2D eigenvalue weighted by molar-refractivity contribution is 0.0380. The smallest absolute Gasteiger partial charge is 0.115 e. The Morgan fingerprint density at radius 3 is 3.00 bits per heavy atom. The Kier molecular flexibility index (Phi) is 4.55. The third kappa shape index (κ3) is 3.32. The number of ether oxygens (including phenoxy) is 1. The fraction of sp³-hybridized carbons (Fsp3) is 0.625. The minimum atomic E-state index is 0.380. The van der Waals surface area contributed by atoms with Crippen molar-refractivity contribution in [3.63, 3.8) is 0 Å². The second kappa shape index (κ2) is 6.57. The van der Waals surface area contributed by atoms with Gasteiger partial charge in [-0.15, -0.1) is 0 Å². The molecule has 2 N–H and O–H groups in total. The third-order valence-corrected chi connectivity index (χ3v) is 4.37. The van der Waals surface area contributed by atoms with E-state index in [1.165, 1.54) is 24.0 Å². The Morgan fingerprint density at radius 2 is 2.15 bits per heavy atom. The van der Waals surface area contributed by atoms with Crippen LogP contribution >= 0.6 is 0 Å². The number of phenols is 1. The van der Waals surface area contributed by atoms with Crippen LogP contribution in [0.5, 0.6) is 5.75 Å². The molecule has 0 radical (unpaired) electrons. The van der Waals surface area contributed by atoms with Gasteiger partial charge >= 0.3 is 0 Å². The van der Waals surface area contributed by atoms with Crippen LogP contribution in [0.15, 0.2) is 18.2 Å². The second-order valence-corrected chi connectivity index (χ2v) is 5.74. The van der Waals surface area contributed by atoms with Gasteiger partial charge in [0.15, 0.2) is 0 Å². The first-order valence-corrected chi connectivity index (χ1v) is 7.68. The van der Waals surface area contributed by atoms with E-state index in [-0.39, 0.29) is 0 Å². The van der Waals surface area contributed by atoms with Crippen LogP contribution in [-0.4, -0.2) is 49.4 Å². The Morgan fingerprint density at radius 1 is 1.30 bits per heavy atom. The van der Waals surface area contributed by atoms with Crippen molar-refractivity contribution in [3.8, 4) is 5.75 Å². The molecule has 3 rings (SSSR count). The van der Waals surface area contributed by atoms with Crippen molar-refractivity contribution in [1.82, 2.24) is 10.2 Å². The molecule has 1 unspecified atom stereocenters. The van der Waals surface area contributed by atoms with E-state index in [4.69, 9.17) is 4.74 Å². The van der Waals surface area contributed by atoms with Gasteiger partial charge in [0, 0.05) is 32.2 Å². The highest BCUT2D eigenvalue weighted by Crippen LogP contribution is 2.31. The largest absolute Gasteiger partial charge is 0.508 e. The molecule has 4 nitrogen and oxygen atoms in total. The van der Waals surface area contributed by atoms with Gasteiger partial charge in [0.1, 0.15) is 5.75 Å². The van der Waals surface area contributed by atoms with Crippen molar-refractivity contribution >= 4 is 0 Å². The highest BCUT2D eigenvalue weighted by Gasteiger charge is 2.20. The van der Waals surface area contributed by atoms with Crippen LogP contribution in [0.3, 0.4) is 0 Å². The Hall–Kier alpha value is -1.10. The molecule has 20 heavy (non-hydrogen) atoms. The number of aryl methyl sites for hydroxylation is 1. The van der Waals surface area contributed by atoms with Crippen LogP contribution in [0.2, 0.25) is 0 Å². The van der Waals surface area contributed by atoms with E-state index in [0.717, 1.165) is 45.8 Å². The molecular formula is C16H24N2O2. The summed E-state index contributed by atoms with van der Waals surface area (Å²) in [5.74, 6) is 0.380. The predicted molar refractivity (Wildman–Crippen MR) is 79.0 cm³/mol. The van der Waals surface area contributed by atoms with E-state index in [9.17, 15) is 5.11 Å². The van der Waals surface area contributed by atoms with Gasteiger partial charge < -0.3 is 15.2 Å². The van der Waals surface area contributed by atoms with Crippen LogP contribution < -0.4 is 5.32 Å². The van der Waals surface area contributed by atoms with E-state index >= 15 is 0 Å². The predicted octanol–water partition coefficient (Wildman–Crippen LogP) is 1.69. The monoisotopic (exact) mass is 276 g/mol. The first-order chi connectivity index (χ1) is 9.83. The maximum Gasteiger partial charge on any atom is 0.115 e. The fourth-order valence-corrected chi connectivity index (χ4v) is 3.22. The highest BCUT2D eigenvalue weighted by molar-refractivity contribution is 5.38. The summed E-state index contributed by atoms with van der Waals surface area (Å²) < 4.78 is 5.37. The first-order valence-electron chi connectivity index (χ1n) is 7.68. The SMILES string of the molecule is Oc1ccc2c(c1)C(NCCN1CCOCC1)CCC2. The molecule has 0 amide bonds. The number of nitrogens with one attached hydrogen (secondary N) is 1. The number of benzene rings is 1. The number of nitrogens with zero attached hydrogens (tertiary/aromatic N) is 1. The summed E-state index contributed by atoms with van der Waals surface area (Å²) >= 11 is 0. The van der Waals surface area contributed by atoms with Gasteiger partial charge in [-0.2, -0.15) is 0 Å². The van der Waals surface area contributed by atoms with E-state index in [1.54, 1.807) is 6.07 Å². The lowest BCUT2D eigenvalue weighted by Crippen LogP contribution is -2.41. The highest BCUT2D eigenvalue weighted by atomic mass is 16.5. The number of hydrogen-bond donors (Lipinski definition) is 2. The van der Waals surface area contributed by atoms with Gasteiger partial charge in [-0.1, -0.05) is 6.07 Å². The molecule has 1 atom stereocenters. The quantitative estimate of drug-likeness (QED) is 0.878. The molecule has 0 spiro atoms. The summed E-state index contributed by atoms with van der Waals surface area (Å²) in [6.45, 7) is 5.89. The van der Waals surface area contributed by atoms with Crippen LogP contribution in [0.1, 0.15) is 30.0 Å². The zero-order valence-corrected chi connectivity index (χ0v) is 12.0. The summed E-state index contributed by atoms with van der Waals surface area (Å²) in [5.41, 5.74) is 2.68. The van der Waals surface area contributed by atoms with Gasteiger partial charge in [0.2, 0.25) is 0 Å². The number of phenolic OH excluding ortho intramolecular Hbond substituents is 1. The number of rotatable bonds is 4. The van der Waals surface area contributed by atoms with Crippen molar-refractivity contribution in [2.75, 3.05) is 39.4 Å². The fourth-order valence-electron chi connectivity index (χ4n) is 3.22. The van der Waals surface area contributed by atoms with E-state index in [2.05, 4.69) is 16.3 Å². The molecule has 1 heterocycles. The maximum atomic E-state index is 9.69. The molecule has 0 saturated carbocycles. The molecule has 1 aromatic carbocycles. The molecule has 4 heteroatoms. The van der Waals surface area contributed by atoms with E-state index in [1.807, 2.05) is 6.07 Å². The summed E-state index contributed by atoms with van der Waals surface area (Å²) in [7, 11) is 0. The Labute approximate surface area is 120 Å². The van der Waals surface area contributed by atoms with E-state index < -0.39 is 0 Å². The van der Waals surface area contributed by atoms with Gasteiger partial charge in [-0.3, -0.25) is 4.90 Å². The molecule has 0 bridgehead atoms. The van der Waals surface area contributed by atoms with Gasteiger partial charge in [0.05, 0.1) is 13.2 Å². The van der Waals surface area contributed by atoms with Gasteiger partial charge in [-0.25, -0.2) is 0 Å².